The second-order valence-corrected chi connectivity index (χ2v) is 4.40. The molecule has 4 heteroatoms. The van der Waals surface area contributed by atoms with Crippen LogP contribution in [0.3, 0.4) is 0 Å². The first-order valence-corrected chi connectivity index (χ1v) is 5.96. The Bertz CT molecular complexity index is 376. The Kier molecular flexibility index (Phi) is 3.97. The zero-order valence-electron chi connectivity index (χ0n) is 9.99. The number of hydrogen-bond acceptors (Lipinski definition) is 3. The molecule has 0 saturated carbocycles. The van der Waals surface area contributed by atoms with E-state index in [1.165, 1.54) is 12.1 Å². The van der Waals surface area contributed by atoms with Gasteiger partial charge < -0.3 is 15.2 Å². The highest BCUT2D eigenvalue weighted by Gasteiger charge is 2.18. The Morgan fingerprint density at radius 1 is 1.41 bits per heavy atom. The summed E-state index contributed by atoms with van der Waals surface area (Å²) in [6.07, 6.45) is 1.89. The molecule has 0 spiro atoms. The van der Waals surface area contributed by atoms with Crippen molar-refractivity contribution in [1.29, 1.82) is 0 Å². The summed E-state index contributed by atoms with van der Waals surface area (Å²) in [5.41, 5.74) is 6.54. The summed E-state index contributed by atoms with van der Waals surface area (Å²) < 4.78 is 24.3. The first-order valence-electron chi connectivity index (χ1n) is 5.96. The maximum Gasteiger partial charge on any atom is 0.124 e. The number of hydrogen-bond donors (Lipinski definition) is 1. The zero-order chi connectivity index (χ0) is 12.3. The molecule has 1 atom stereocenters. The fourth-order valence-electron chi connectivity index (χ4n) is 1.96. The molecule has 17 heavy (non-hydrogen) atoms. The molecule has 1 fully saturated rings. The Morgan fingerprint density at radius 3 is 2.76 bits per heavy atom. The van der Waals surface area contributed by atoms with Gasteiger partial charge in [-0.1, -0.05) is 0 Å². The summed E-state index contributed by atoms with van der Waals surface area (Å²) in [6.45, 7) is 3.27. The molecule has 0 aromatic heterocycles. The van der Waals surface area contributed by atoms with Crippen molar-refractivity contribution in [3.8, 4) is 5.75 Å². The third kappa shape index (κ3) is 3.17. The van der Waals surface area contributed by atoms with Crippen molar-refractivity contribution >= 4 is 0 Å². The van der Waals surface area contributed by atoms with Gasteiger partial charge in [0, 0.05) is 24.4 Å². The van der Waals surface area contributed by atoms with Crippen LogP contribution in [-0.4, -0.2) is 19.3 Å². The summed E-state index contributed by atoms with van der Waals surface area (Å²) in [6, 6.07) is 4.27. The number of halogens is 1. The van der Waals surface area contributed by atoms with Gasteiger partial charge in [-0.2, -0.15) is 0 Å². The molecule has 1 aliphatic rings. The minimum atomic E-state index is -0.281. The lowest BCUT2D eigenvalue weighted by Crippen LogP contribution is -2.26. The Balaban J connectivity index is 2.13. The smallest absolute Gasteiger partial charge is 0.124 e. The molecule has 1 heterocycles. The van der Waals surface area contributed by atoms with Crippen LogP contribution in [0.25, 0.3) is 0 Å². The average Bonchev–Trinajstić information content (AvgIpc) is 2.32. The predicted octanol–water partition coefficient (Wildman–Crippen LogP) is 2.40. The predicted molar refractivity (Wildman–Crippen MR) is 63.5 cm³/mol. The Hall–Kier alpha value is -1.13. The van der Waals surface area contributed by atoms with Crippen LogP contribution in [-0.2, 0) is 4.74 Å². The molecule has 1 saturated heterocycles. The lowest BCUT2D eigenvalue weighted by molar-refractivity contribution is 0.0250. The van der Waals surface area contributed by atoms with E-state index in [1.54, 1.807) is 6.07 Å². The van der Waals surface area contributed by atoms with Crippen molar-refractivity contribution < 1.29 is 13.9 Å². The van der Waals surface area contributed by atoms with Crippen LogP contribution < -0.4 is 10.5 Å². The van der Waals surface area contributed by atoms with Crippen molar-refractivity contribution in [1.82, 2.24) is 0 Å². The fourth-order valence-corrected chi connectivity index (χ4v) is 1.96. The van der Waals surface area contributed by atoms with E-state index in [-0.39, 0.29) is 18.0 Å². The van der Waals surface area contributed by atoms with E-state index in [0.29, 0.717) is 5.75 Å². The molecule has 0 amide bonds. The number of ether oxygens (including phenoxy) is 2. The van der Waals surface area contributed by atoms with Crippen LogP contribution in [0.15, 0.2) is 18.2 Å². The van der Waals surface area contributed by atoms with Gasteiger partial charge in [0.15, 0.2) is 0 Å². The molecule has 1 aromatic rings. The fraction of sp³-hybridized carbons (Fsp3) is 0.538. The minimum Gasteiger partial charge on any atom is -0.490 e. The van der Waals surface area contributed by atoms with Crippen LogP contribution in [0, 0.1) is 5.82 Å². The quantitative estimate of drug-likeness (QED) is 0.881. The Morgan fingerprint density at radius 2 is 2.12 bits per heavy atom. The molecule has 0 radical (unpaired) electrons. The number of benzene rings is 1. The van der Waals surface area contributed by atoms with Gasteiger partial charge in [-0.05, 0) is 25.1 Å². The minimum absolute atomic E-state index is 0.145. The molecule has 1 aromatic carbocycles. The van der Waals surface area contributed by atoms with Gasteiger partial charge in [0.2, 0.25) is 0 Å². The molecular formula is C13H18FNO2. The molecule has 2 N–H and O–H groups in total. The molecule has 94 valence electrons. The third-order valence-electron chi connectivity index (χ3n) is 2.92. The first kappa shape index (κ1) is 12.3. The van der Waals surface area contributed by atoms with Crippen LogP contribution >= 0.6 is 0 Å². The zero-order valence-corrected chi connectivity index (χ0v) is 9.99. The summed E-state index contributed by atoms with van der Waals surface area (Å²) in [5, 5.41) is 0. The third-order valence-corrected chi connectivity index (χ3v) is 2.92. The van der Waals surface area contributed by atoms with Gasteiger partial charge in [-0.25, -0.2) is 4.39 Å². The van der Waals surface area contributed by atoms with E-state index in [1.807, 2.05) is 6.92 Å². The van der Waals surface area contributed by atoms with Crippen LogP contribution in [0.1, 0.15) is 31.4 Å². The van der Waals surface area contributed by atoms with E-state index >= 15 is 0 Å². The van der Waals surface area contributed by atoms with Crippen molar-refractivity contribution in [2.45, 2.75) is 31.9 Å². The van der Waals surface area contributed by atoms with Gasteiger partial charge in [-0.15, -0.1) is 0 Å². The number of rotatable bonds is 3. The molecule has 2 rings (SSSR count). The molecule has 3 nitrogen and oxygen atoms in total. The second kappa shape index (κ2) is 5.47. The molecule has 1 aliphatic heterocycles. The summed E-state index contributed by atoms with van der Waals surface area (Å²) >= 11 is 0. The molecule has 0 aliphatic carbocycles. The van der Waals surface area contributed by atoms with Gasteiger partial charge >= 0.3 is 0 Å². The van der Waals surface area contributed by atoms with E-state index in [2.05, 4.69) is 0 Å². The highest BCUT2D eigenvalue weighted by atomic mass is 19.1. The maximum absolute atomic E-state index is 13.2. The van der Waals surface area contributed by atoms with Gasteiger partial charge in [0.1, 0.15) is 17.7 Å². The highest BCUT2D eigenvalue weighted by molar-refractivity contribution is 5.36. The van der Waals surface area contributed by atoms with E-state index < -0.39 is 0 Å². The van der Waals surface area contributed by atoms with E-state index in [9.17, 15) is 4.39 Å². The normalized spacial score (nSPS) is 19.0. The molecular weight excluding hydrogens is 221 g/mol. The van der Waals surface area contributed by atoms with Crippen molar-refractivity contribution in [3.63, 3.8) is 0 Å². The average molecular weight is 239 g/mol. The summed E-state index contributed by atoms with van der Waals surface area (Å²) in [4.78, 5) is 0. The van der Waals surface area contributed by atoms with Gasteiger partial charge in [0.05, 0.1) is 13.2 Å². The van der Waals surface area contributed by atoms with E-state index in [0.717, 1.165) is 31.6 Å². The monoisotopic (exact) mass is 239 g/mol. The van der Waals surface area contributed by atoms with Crippen LogP contribution in [0.4, 0.5) is 4.39 Å². The summed E-state index contributed by atoms with van der Waals surface area (Å²) in [5.74, 6) is 0.407. The number of nitrogens with two attached hydrogens (primary N) is 1. The topological polar surface area (TPSA) is 44.5 Å². The van der Waals surface area contributed by atoms with Crippen molar-refractivity contribution in [3.05, 3.63) is 29.6 Å². The van der Waals surface area contributed by atoms with Crippen LogP contribution in [0.2, 0.25) is 0 Å². The lowest BCUT2D eigenvalue weighted by Gasteiger charge is -2.25. The van der Waals surface area contributed by atoms with Gasteiger partial charge in [0.25, 0.3) is 0 Å². The largest absolute Gasteiger partial charge is 0.490 e. The maximum atomic E-state index is 13.2. The second-order valence-electron chi connectivity index (χ2n) is 4.40. The SMILES string of the molecule is C[C@H](N)c1cc(F)ccc1OC1CCOCC1. The molecule has 0 unspecified atom stereocenters. The highest BCUT2D eigenvalue weighted by Crippen LogP contribution is 2.27. The van der Waals surface area contributed by atoms with Crippen molar-refractivity contribution in [2.75, 3.05) is 13.2 Å². The Labute approximate surface area is 101 Å². The van der Waals surface area contributed by atoms with Crippen molar-refractivity contribution in [2.24, 2.45) is 5.73 Å². The lowest BCUT2D eigenvalue weighted by atomic mass is 10.1. The van der Waals surface area contributed by atoms with Gasteiger partial charge in [-0.3, -0.25) is 0 Å². The first-order chi connectivity index (χ1) is 8.16. The standard InChI is InChI=1S/C13H18FNO2/c1-9(15)12-8-10(14)2-3-13(12)17-11-4-6-16-7-5-11/h2-3,8-9,11H,4-7,15H2,1H3/t9-/m0/s1. The van der Waals surface area contributed by atoms with E-state index in [4.69, 9.17) is 15.2 Å². The summed E-state index contributed by atoms with van der Waals surface area (Å²) in [7, 11) is 0. The molecule has 0 bridgehead atoms. The van der Waals surface area contributed by atoms with Crippen LogP contribution in [0.5, 0.6) is 5.75 Å².